The number of rotatable bonds is 5. The van der Waals surface area contributed by atoms with E-state index in [0.29, 0.717) is 24.4 Å². The molecule has 0 bridgehead atoms. The van der Waals surface area contributed by atoms with Gasteiger partial charge in [-0.1, -0.05) is 0 Å². The Morgan fingerprint density at radius 3 is 2.72 bits per heavy atom. The third kappa shape index (κ3) is 3.54. The van der Waals surface area contributed by atoms with Crippen molar-refractivity contribution in [1.29, 1.82) is 5.26 Å². The maximum atomic E-state index is 12.2. The number of ether oxygens (including phenoxy) is 1. The highest BCUT2D eigenvalue weighted by atomic mass is 16.5. The van der Waals surface area contributed by atoms with Gasteiger partial charge in [0.1, 0.15) is 11.8 Å². The molecule has 1 amide bonds. The number of pyridine rings is 1. The molecule has 0 fully saturated rings. The number of carbonyl (C=O) groups excluding carboxylic acids is 1. The number of hydrogen-bond acceptors (Lipinski definition) is 4. The van der Waals surface area contributed by atoms with Crippen molar-refractivity contribution in [2.45, 2.75) is 19.9 Å². The Bertz CT molecular complexity index is 435. The summed E-state index contributed by atoms with van der Waals surface area (Å²) in [6, 6.07) is 5.21. The second-order valence-corrected chi connectivity index (χ2v) is 4.13. The molecule has 0 aliphatic rings. The Morgan fingerprint density at radius 1 is 1.56 bits per heavy atom. The van der Waals surface area contributed by atoms with Gasteiger partial charge >= 0.3 is 0 Å². The fourth-order valence-corrected chi connectivity index (χ4v) is 1.52. The summed E-state index contributed by atoms with van der Waals surface area (Å²) in [7, 11) is 1.60. The Labute approximate surface area is 107 Å². The molecular formula is C13H17N3O2. The zero-order chi connectivity index (χ0) is 13.5. The molecule has 1 heterocycles. The van der Waals surface area contributed by atoms with Crippen LogP contribution in [0.5, 0.6) is 0 Å². The van der Waals surface area contributed by atoms with Gasteiger partial charge in [0.2, 0.25) is 0 Å². The first-order valence-corrected chi connectivity index (χ1v) is 5.76. The molecule has 0 atom stereocenters. The molecule has 1 aromatic heterocycles. The topological polar surface area (TPSA) is 66.2 Å². The quantitative estimate of drug-likeness (QED) is 0.789. The number of methoxy groups -OCH3 is 1. The normalized spacial score (nSPS) is 10.2. The van der Waals surface area contributed by atoms with Crippen LogP contribution in [0.1, 0.15) is 29.9 Å². The van der Waals surface area contributed by atoms with Gasteiger partial charge in [-0.05, 0) is 26.0 Å². The standard InChI is InChI=1S/C13H17N3O2/c1-10(2)16(6-7-18-3)13(17)12-5-4-11(8-14)9-15-12/h4-5,9-10H,6-7H2,1-3H3. The molecule has 0 spiro atoms. The minimum atomic E-state index is -0.147. The molecule has 0 aliphatic heterocycles. The monoisotopic (exact) mass is 247 g/mol. The number of nitrogens with zero attached hydrogens (tertiary/aromatic N) is 3. The SMILES string of the molecule is COCCN(C(=O)c1ccc(C#N)cn1)C(C)C. The van der Waals surface area contributed by atoms with E-state index < -0.39 is 0 Å². The lowest BCUT2D eigenvalue weighted by atomic mass is 10.2. The molecule has 0 aliphatic carbocycles. The van der Waals surface area contributed by atoms with Crippen LogP contribution in [0.15, 0.2) is 18.3 Å². The van der Waals surface area contributed by atoms with Crippen molar-refractivity contribution in [3.05, 3.63) is 29.6 Å². The lowest BCUT2D eigenvalue weighted by Gasteiger charge is -2.26. The highest BCUT2D eigenvalue weighted by Gasteiger charge is 2.19. The summed E-state index contributed by atoms with van der Waals surface area (Å²) in [5.74, 6) is -0.147. The van der Waals surface area contributed by atoms with E-state index in [0.717, 1.165) is 0 Å². The molecule has 0 saturated carbocycles. The molecule has 0 radical (unpaired) electrons. The van der Waals surface area contributed by atoms with E-state index in [1.54, 1.807) is 24.1 Å². The lowest BCUT2D eigenvalue weighted by molar-refractivity contribution is 0.0629. The third-order valence-corrected chi connectivity index (χ3v) is 2.53. The Balaban J connectivity index is 2.84. The summed E-state index contributed by atoms with van der Waals surface area (Å²) in [6.07, 6.45) is 1.40. The van der Waals surface area contributed by atoms with E-state index in [9.17, 15) is 4.79 Å². The summed E-state index contributed by atoms with van der Waals surface area (Å²) in [6.45, 7) is 4.89. The van der Waals surface area contributed by atoms with Gasteiger partial charge in [0, 0.05) is 25.9 Å². The first-order valence-electron chi connectivity index (χ1n) is 5.76. The second kappa shape index (κ2) is 6.72. The summed E-state index contributed by atoms with van der Waals surface area (Å²) in [4.78, 5) is 17.9. The third-order valence-electron chi connectivity index (χ3n) is 2.53. The molecule has 1 aromatic rings. The maximum Gasteiger partial charge on any atom is 0.272 e. The molecule has 5 nitrogen and oxygen atoms in total. The van der Waals surface area contributed by atoms with E-state index in [2.05, 4.69) is 4.98 Å². The molecule has 0 N–H and O–H groups in total. The summed E-state index contributed by atoms with van der Waals surface area (Å²) >= 11 is 0. The first kappa shape index (κ1) is 14.1. The predicted octanol–water partition coefficient (Wildman–Crippen LogP) is 1.45. The van der Waals surface area contributed by atoms with Gasteiger partial charge in [-0.25, -0.2) is 4.98 Å². The van der Waals surface area contributed by atoms with Crippen LogP contribution in [0.25, 0.3) is 0 Å². The van der Waals surface area contributed by atoms with E-state index >= 15 is 0 Å². The van der Waals surface area contributed by atoms with Crippen molar-refractivity contribution < 1.29 is 9.53 Å². The number of carbonyl (C=O) groups is 1. The van der Waals surface area contributed by atoms with Gasteiger partial charge in [0.25, 0.3) is 5.91 Å². The fraction of sp³-hybridized carbons (Fsp3) is 0.462. The number of nitriles is 1. The number of amides is 1. The van der Waals surface area contributed by atoms with Crippen LogP contribution in [0.2, 0.25) is 0 Å². The van der Waals surface area contributed by atoms with Crippen LogP contribution >= 0.6 is 0 Å². The van der Waals surface area contributed by atoms with Crippen LogP contribution in [-0.4, -0.2) is 42.1 Å². The van der Waals surface area contributed by atoms with Crippen LogP contribution in [0.3, 0.4) is 0 Å². The minimum absolute atomic E-state index is 0.0742. The second-order valence-electron chi connectivity index (χ2n) is 4.13. The molecule has 0 saturated heterocycles. The van der Waals surface area contributed by atoms with Crippen LogP contribution in [0, 0.1) is 11.3 Å². The highest BCUT2D eigenvalue weighted by Crippen LogP contribution is 2.07. The van der Waals surface area contributed by atoms with Crippen LogP contribution < -0.4 is 0 Å². The van der Waals surface area contributed by atoms with Gasteiger partial charge in [-0.3, -0.25) is 4.79 Å². The zero-order valence-electron chi connectivity index (χ0n) is 10.9. The van der Waals surface area contributed by atoms with Gasteiger partial charge < -0.3 is 9.64 Å². The molecule has 0 aromatic carbocycles. The zero-order valence-corrected chi connectivity index (χ0v) is 10.9. The average Bonchev–Trinajstić information content (AvgIpc) is 2.38. The fourth-order valence-electron chi connectivity index (χ4n) is 1.52. The van der Waals surface area contributed by atoms with E-state index in [4.69, 9.17) is 10.00 Å². The van der Waals surface area contributed by atoms with Crippen molar-refractivity contribution in [2.24, 2.45) is 0 Å². The lowest BCUT2D eigenvalue weighted by Crippen LogP contribution is -2.39. The van der Waals surface area contributed by atoms with Crippen molar-refractivity contribution >= 4 is 5.91 Å². The summed E-state index contributed by atoms with van der Waals surface area (Å²) in [5, 5.41) is 8.68. The molecule has 5 heteroatoms. The average molecular weight is 247 g/mol. The van der Waals surface area contributed by atoms with Crippen molar-refractivity contribution in [3.8, 4) is 6.07 Å². The van der Waals surface area contributed by atoms with E-state index in [1.807, 2.05) is 19.9 Å². The van der Waals surface area contributed by atoms with Crippen LogP contribution in [-0.2, 0) is 4.74 Å². The molecule has 18 heavy (non-hydrogen) atoms. The first-order chi connectivity index (χ1) is 8.60. The Morgan fingerprint density at radius 2 is 2.28 bits per heavy atom. The van der Waals surface area contributed by atoms with Crippen molar-refractivity contribution in [2.75, 3.05) is 20.3 Å². The smallest absolute Gasteiger partial charge is 0.272 e. The summed E-state index contributed by atoms with van der Waals surface area (Å²) in [5.41, 5.74) is 0.790. The van der Waals surface area contributed by atoms with Crippen molar-refractivity contribution in [3.63, 3.8) is 0 Å². The maximum absolute atomic E-state index is 12.2. The number of aromatic nitrogens is 1. The summed E-state index contributed by atoms with van der Waals surface area (Å²) < 4.78 is 4.99. The molecule has 0 unspecified atom stereocenters. The molecular weight excluding hydrogens is 230 g/mol. The van der Waals surface area contributed by atoms with Crippen LogP contribution in [0.4, 0.5) is 0 Å². The largest absolute Gasteiger partial charge is 0.383 e. The molecule has 1 rings (SSSR count). The highest BCUT2D eigenvalue weighted by molar-refractivity contribution is 5.92. The Hall–Kier alpha value is -1.93. The Kier molecular flexibility index (Phi) is 5.28. The van der Waals surface area contributed by atoms with Crippen molar-refractivity contribution in [1.82, 2.24) is 9.88 Å². The minimum Gasteiger partial charge on any atom is -0.383 e. The van der Waals surface area contributed by atoms with E-state index in [-0.39, 0.29) is 11.9 Å². The van der Waals surface area contributed by atoms with Gasteiger partial charge in [0.05, 0.1) is 12.2 Å². The van der Waals surface area contributed by atoms with Gasteiger partial charge in [-0.2, -0.15) is 5.26 Å². The van der Waals surface area contributed by atoms with Gasteiger partial charge in [-0.15, -0.1) is 0 Å². The predicted molar refractivity (Wildman–Crippen MR) is 67.0 cm³/mol. The molecule has 96 valence electrons. The van der Waals surface area contributed by atoms with E-state index in [1.165, 1.54) is 6.20 Å². The number of hydrogen-bond donors (Lipinski definition) is 0. The van der Waals surface area contributed by atoms with Gasteiger partial charge in [0.15, 0.2) is 0 Å².